The van der Waals surface area contributed by atoms with Gasteiger partial charge in [0, 0.05) is 18.8 Å². The van der Waals surface area contributed by atoms with Crippen LogP contribution in [0.2, 0.25) is 0 Å². The van der Waals surface area contributed by atoms with E-state index in [-0.39, 0.29) is 54.6 Å². The maximum absolute atomic E-state index is 12.6. The molecule has 1 aliphatic heterocycles. The first-order valence-electron chi connectivity index (χ1n) is 9.12. The fraction of sp³-hybridized carbons (Fsp3) is 0.450. The Balaban J connectivity index is 1.32. The largest absolute Gasteiger partial charge is 0.336 e. The molecule has 1 saturated heterocycles. The number of para-hydroxylation sites is 1. The average Bonchev–Trinajstić information content (AvgIpc) is 3.27. The Bertz CT molecular complexity index is 766. The van der Waals surface area contributed by atoms with Crippen LogP contribution in [0.3, 0.4) is 0 Å². The minimum Gasteiger partial charge on any atom is -0.336 e. The lowest BCUT2D eigenvalue weighted by molar-refractivity contribution is -0.140. The number of urea groups is 1. The molecule has 0 spiro atoms. The number of likely N-dealkylation sites (tertiary alicyclic amines) is 1. The van der Waals surface area contributed by atoms with E-state index in [4.69, 9.17) is 0 Å². The van der Waals surface area contributed by atoms with Crippen molar-refractivity contribution < 1.29 is 14.4 Å². The van der Waals surface area contributed by atoms with Gasteiger partial charge in [-0.15, -0.1) is 0 Å². The quantitative estimate of drug-likeness (QED) is 0.644. The van der Waals surface area contributed by atoms with Gasteiger partial charge in [-0.3, -0.25) is 14.5 Å². The van der Waals surface area contributed by atoms with Crippen LogP contribution in [0, 0.1) is 37.5 Å². The molecule has 2 bridgehead atoms. The molecule has 4 rings (SSSR count). The summed E-state index contributed by atoms with van der Waals surface area (Å²) in [5, 5.41) is 5.59. The number of aryl methyl sites for hydroxylation is 2. The van der Waals surface area contributed by atoms with Gasteiger partial charge in [0.15, 0.2) is 0 Å². The van der Waals surface area contributed by atoms with Crippen LogP contribution in [0.1, 0.15) is 17.5 Å². The Morgan fingerprint density at radius 1 is 1.08 bits per heavy atom. The third-order valence-electron chi connectivity index (χ3n) is 5.90. The number of amides is 4. The molecule has 2 N–H and O–H groups in total. The number of carbonyl (C=O) groups excluding carboxylic acids is 3. The molecule has 0 aromatic heterocycles. The lowest BCUT2D eigenvalue weighted by Crippen LogP contribution is -2.41. The fourth-order valence-corrected chi connectivity index (χ4v) is 4.64. The van der Waals surface area contributed by atoms with Gasteiger partial charge >= 0.3 is 6.03 Å². The first-order valence-corrected chi connectivity index (χ1v) is 9.12. The van der Waals surface area contributed by atoms with E-state index in [1.807, 2.05) is 32.0 Å². The van der Waals surface area contributed by atoms with Gasteiger partial charge < -0.3 is 10.6 Å². The van der Waals surface area contributed by atoms with Gasteiger partial charge in [-0.2, -0.15) is 0 Å². The Morgan fingerprint density at radius 3 is 2.23 bits per heavy atom. The van der Waals surface area contributed by atoms with Crippen molar-refractivity contribution in [2.75, 3.05) is 18.4 Å². The van der Waals surface area contributed by atoms with Crippen LogP contribution in [-0.2, 0) is 9.59 Å². The van der Waals surface area contributed by atoms with E-state index in [1.165, 1.54) is 4.90 Å². The normalized spacial score (nSPS) is 28.6. The second-order valence-electron chi connectivity index (χ2n) is 7.48. The SMILES string of the molecule is Cc1cccc(C)c1NC(=O)NCCN1C(=O)C2C3C=CC(C3)C2C1=O. The summed E-state index contributed by atoms with van der Waals surface area (Å²) in [6.45, 7) is 4.34. The lowest BCUT2D eigenvalue weighted by Gasteiger charge is -2.18. The first-order chi connectivity index (χ1) is 12.5. The third-order valence-corrected chi connectivity index (χ3v) is 5.90. The van der Waals surface area contributed by atoms with E-state index in [9.17, 15) is 14.4 Å². The summed E-state index contributed by atoms with van der Waals surface area (Å²) in [5.41, 5.74) is 2.76. The van der Waals surface area contributed by atoms with Crippen LogP contribution in [0.25, 0.3) is 0 Å². The van der Waals surface area contributed by atoms with Crippen LogP contribution in [-0.4, -0.2) is 35.8 Å². The predicted octanol–water partition coefficient (Wildman–Crippen LogP) is 2.23. The lowest BCUT2D eigenvalue weighted by atomic mass is 9.85. The summed E-state index contributed by atoms with van der Waals surface area (Å²) in [4.78, 5) is 38.6. The molecule has 26 heavy (non-hydrogen) atoms. The molecule has 1 aromatic rings. The number of fused-ring (bicyclic) bond motifs is 5. The zero-order chi connectivity index (χ0) is 18.4. The summed E-state index contributed by atoms with van der Waals surface area (Å²) in [5.74, 6) is -0.0806. The van der Waals surface area contributed by atoms with E-state index in [2.05, 4.69) is 22.8 Å². The first kappa shape index (κ1) is 16.8. The molecular weight excluding hydrogens is 330 g/mol. The van der Waals surface area contributed by atoms with E-state index >= 15 is 0 Å². The summed E-state index contributed by atoms with van der Waals surface area (Å²) in [7, 11) is 0. The second-order valence-corrected chi connectivity index (χ2v) is 7.48. The van der Waals surface area contributed by atoms with Gasteiger partial charge in [-0.1, -0.05) is 30.4 Å². The highest BCUT2D eigenvalue weighted by atomic mass is 16.2. The monoisotopic (exact) mass is 353 g/mol. The maximum atomic E-state index is 12.6. The number of allylic oxidation sites excluding steroid dienone is 2. The van der Waals surface area contributed by atoms with E-state index in [1.54, 1.807) is 0 Å². The van der Waals surface area contributed by atoms with Crippen molar-refractivity contribution in [2.24, 2.45) is 23.7 Å². The Kier molecular flexibility index (Phi) is 4.05. The van der Waals surface area contributed by atoms with Crippen molar-refractivity contribution in [3.05, 3.63) is 41.5 Å². The van der Waals surface area contributed by atoms with Crippen molar-refractivity contribution in [2.45, 2.75) is 20.3 Å². The number of anilines is 1. The van der Waals surface area contributed by atoms with Gasteiger partial charge in [0.05, 0.1) is 11.8 Å². The minimum absolute atomic E-state index is 0.0752. The van der Waals surface area contributed by atoms with Crippen molar-refractivity contribution in [1.29, 1.82) is 0 Å². The molecule has 6 nitrogen and oxygen atoms in total. The van der Waals surface area contributed by atoms with Crippen molar-refractivity contribution >= 4 is 23.5 Å². The van der Waals surface area contributed by atoms with E-state index in [0.717, 1.165) is 23.2 Å². The number of rotatable bonds is 4. The van der Waals surface area contributed by atoms with E-state index < -0.39 is 0 Å². The summed E-state index contributed by atoms with van der Waals surface area (Å²) < 4.78 is 0. The third kappa shape index (κ3) is 2.60. The fourth-order valence-electron chi connectivity index (χ4n) is 4.64. The van der Waals surface area contributed by atoms with Gasteiger partial charge in [-0.25, -0.2) is 4.79 Å². The number of imide groups is 1. The highest BCUT2D eigenvalue weighted by Gasteiger charge is 2.58. The van der Waals surface area contributed by atoms with Crippen LogP contribution in [0.5, 0.6) is 0 Å². The minimum atomic E-state index is -0.330. The molecule has 2 aliphatic carbocycles. The molecule has 4 amide bonds. The maximum Gasteiger partial charge on any atom is 0.319 e. The molecule has 2 fully saturated rings. The van der Waals surface area contributed by atoms with Crippen molar-refractivity contribution in [3.8, 4) is 0 Å². The highest BCUT2D eigenvalue weighted by molar-refractivity contribution is 6.06. The van der Waals surface area contributed by atoms with Crippen LogP contribution < -0.4 is 10.6 Å². The Hall–Kier alpha value is -2.63. The molecule has 136 valence electrons. The summed E-state index contributed by atoms with van der Waals surface area (Å²) >= 11 is 0. The van der Waals surface area contributed by atoms with Crippen LogP contribution in [0.4, 0.5) is 10.5 Å². The molecule has 6 heteroatoms. The zero-order valence-electron chi connectivity index (χ0n) is 15.0. The van der Waals surface area contributed by atoms with Gasteiger partial charge in [0.1, 0.15) is 0 Å². The molecule has 1 aromatic carbocycles. The predicted molar refractivity (Wildman–Crippen MR) is 97.4 cm³/mol. The number of hydrogen-bond acceptors (Lipinski definition) is 3. The smallest absolute Gasteiger partial charge is 0.319 e. The van der Waals surface area contributed by atoms with Crippen LogP contribution in [0.15, 0.2) is 30.4 Å². The average molecular weight is 353 g/mol. The number of nitrogens with zero attached hydrogens (tertiary/aromatic N) is 1. The van der Waals surface area contributed by atoms with Gasteiger partial charge in [0.2, 0.25) is 11.8 Å². The molecule has 4 atom stereocenters. The Morgan fingerprint density at radius 2 is 1.65 bits per heavy atom. The molecule has 1 heterocycles. The van der Waals surface area contributed by atoms with Gasteiger partial charge in [0.25, 0.3) is 0 Å². The highest BCUT2D eigenvalue weighted by Crippen LogP contribution is 2.52. The Labute approximate surface area is 152 Å². The van der Waals surface area contributed by atoms with Crippen molar-refractivity contribution in [1.82, 2.24) is 10.2 Å². The zero-order valence-corrected chi connectivity index (χ0v) is 15.0. The van der Waals surface area contributed by atoms with Crippen LogP contribution >= 0.6 is 0 Å². The molecule has 4 unspecified atom stereocenters. The number of benzene rings is 1. The topological polar surface area (TPSA) is 78.5 Å². The molecule has 0 radical (unpaired) electrons. The molecular formula is C20H23N3O3. The van der Waals surface area contributed by atoms with Gasteiger partial charge in [-0.05, 0) is 43.2 Å². The second kappa shape index (κ2) is 6.27. The summed E-state index contributed by atoms with van der Waals surface area (Å²) in [6.07, 6.45) is 5.09. The van der Waals surface area contributed by atoms with E-state index in [0.29, 0.717) is 0 Å². The number of hydrogen-bond donors (Lipinski definition) is 2. The number of carbonyl (C=O) groups is 3. The molecule has 3 aliphatic rings. The number of nitrogens with one attached hydrogen (secondary N) is 2. The molecule has 1 saturated carbocycles. The standard InChI is InChI=1S/C20H23N3O3/c1-11-4-3-5-12(2)17(11)22-20(26)21-8-9-23-18(24)15-13-6-7-14(10-13)16(15)19(23)25/h3-7,13-16H,8-10H2,1-2H3,(H2,21,22,26). The van der Waals surface area contributed by atoms with Crippen molar-refractivity contribution in [3.63, 3.8) is 0 Å². The summed E-state index contributed by atoms with van der Waals surface area (Å²) in [6, 6.07) is 5.48.